The Hall–Kier alpha value is -7.21. The summed E-state index contributed by atoms with van der Waals surface area (Å²) < 4.78 is 9.16. The van der Waals surface area contributed by atoms with Gasteiger partial charge in [-0.2, -0.15) is 0 Å². The fraction of sp³-hybridized carbons (Fsp3) is 0. The summed E-state index contributed by atoms with van der Waals surface area (Å²) in [6.45, 7) is 0. The molecule has 262 valence electrons. The van der Waals surface area contributed by atoms with Crippen LogP contribution in [0.15, 0.2) is 192 Å². The van der Waals surface area contributed by atoms with Gasteiger partial charge < -0.3 is 4.42 Å². The lowest BCUT2D eigenvalue weighted by molar-refractivity contribution is 0.669. The second kappa shape index (κ2) is 13.3. The van der Waals surface area contributed by atoms with Crippen LogP contribution in [-0.2, 0) is 0 Å². The van der Waals surface area contributed by atoms with E-state index in [9.17, 15) is 0 Å². The van der Waals surface area contributed by atoms with Gasteiger partial charge in [-0.1, -0.05) is 152 Å². The minimum absolute atomic E-state index is 0.626. The zero-order chi connectivity index (χ0) is 37.0. The SMILES string of the molecule is c1ccc(-c2ccc3c(c2)sc2cc(-c4ccc5c(c4)oc4cccc(-c6cccc(-c7nc(-c8ccccc8)nc(-c8ccccc8)n7)c6)c45)ccc23)cc1. The summed E-state index contributed by atoms with van der Waals surface area (Å²) in [5.41, 5.74) is 11.5. The highest BCUT2D eigenvalue weighted by Crippen LogP contribution is 2.41. The predicted molar refractivity (Wildman–Crippen MR) is 233 cm³/mol. The molecule has 8 aromatic carbocycles. The molecule has 0 amide bonds. The summed E-state index contributed by atoms with van der Waals surface area (Å²) in [6, 6.07) is 65.7. The minimum Gasteiger partial charge on any atom is -0.456 e. The standard InChI is InChI=1S/C51H31N3OS/c1-4-12-32(13-5-1)36-22-25-41-42-26-23-37(31-47(42)56-46(41)30-36)35-24-27-43-45(29-35)55-44-21-11-20-40(48(43)44)38-18-10-19-39(28-38)51-53-49(33-14-6-2-7-15-33)52-50(54-51)34-16-8-3-9-17-34/h1-31H. The van der Waals surface area contributed by atoms with Crippen molar-refractivity contribution in [3.8, 4) is 67.5 Å². The number of aromatic nitrogens is 3. The van der Waals surface area contributed by atoms with Crippen LogP contribution < -0.4 is 0 Å². The quantitative estimate of drug-likeness (QED) is 0.171. The van der Waals surface area contributed by atoms with E-state index in [0.29, 0.717) is 17.5 Å². The lowest BCUT2D eigenvalue weighted by Crippen LogP contribution is -2.00. The second-order valence-electron chi connectivity index (χ2n) is 14.0. The Balaban J connectivity index is 0.974. The summed E-state index contributed by atoms with van der Waals surface area (Å²) in [5.74, 6) is 1.91. The maximum absolute atomic E-state index is 6.58. The normalized spacial score (nSPS) is 11.6. The van der Waals surface area contributed by atoms with Crippen LogP contribution in [0.1, 0.15) is 0 Å². The first-order valence-electron chi connectivity index (χ1n) is 18.7. The van der Waals surface area contributed by atoms with E-state index in [2.05, 4.69) is 127 Å². The molecule has 0 radical (unpaired) electrons. The third-order valence-electron chi connectivity index (χ3n) is 10.5. The van der Waals surface area contributed by atoms with E-state index < -0.39 is 0 Å². The Morgan fingerprint density at radius 3 is 1.43 bits per heavy atom. The highest BCUT2D eigenvalue weighted by molar-refractivity contribution is 7.25. The smallest absolute Gasteiger partial charge is 0.164 e. The molecule has 0 atom stereocenters. The first kappa shape index (κ1) is 32.2. The largest absolute Gasteiger partial charge is 0.456 e. The maximum Gasteiger partial charge on any atom is 0.164 e. The lowest BCUT2D eigenvalue weighted by Gasteiger charge is -2.10. The highest BCUT2D eigenvalue weighted by atomic mass is 32.1. The molecule has 0 N–H and O–H groups in total. The van der Waals surface area contributed by atoms with E-state index in [1.807, 2.05) is 72.0 Å². The zero-order valence-electron chi connectivity index (χ0n) is 30.1. The Morgan fingerprint density at radius 2 is 0.804 bits per heavy atom. The van der Waals surface area contributed by atoms with Crippen LogP contribution in [0.4, 0.5) is 0 Å². The van der Waals surface area contributed by atoms with Gasteiger partial charge in [0.1, 0.15) is 11.2 Å². The van der Waals surface area contributed by atoms with Crippen molar-refractivity contribution in [1.82, 2.24) is 15.0 Å². The van der Waals surface area contributed by atoms with Crippen molar-refractivity contribution in [2.75, 3.05) is 0 Å². The molecule has 5 heteroatoms. The Kier molecular flexibility index (Phi) is 7.64. The average molecular weight is 734 g/mol. The highest BCUT2D eigenvalue weighted by Gasteiger charge is 2.17. The molecule has 56 heavy (non-hydrogen) atoms. The van der Waals surface area contributed by atoms with Crippen LogP contribution in [-0.4, -0.2) is 15.0 Å². The van der Waals surface area contributed by atoms with Crippen LogP contribution in [0.25, 0.3) is 110 Å². The number of hydrogen-bond donors (Lipinski definition) is 0. The molecule has 3 heterocycles. The van der Waals surface area contributed by atoms with Crippen LogP contribution in [0.5, 0.6) is 0 Å². The van der Waals surface area contributed by atoms with Gasteiger partial charge >= 0.3 is 0 Å². The van der Waals surface area contributed by atoms with Crippen LogP contribution in [0.2, 0.25) is 0 Å². The minimum atomic E-state index is 0.626. The second-order valence-corrected chi connectivity index (χ2v) is 15.1. The van der Waals surface area contributed by atoms with Crippen molar-refractivity contribution in [3.63, 3.8) is 0 Å². The Morgan fingerprint density at radius 1 is 0.321 bits per heavy atom. The van der Waals surface area contributed by atoms with E-state index in [-0.39, 0.29) is 0 Å². The van der Waals surface area contributed by atoms with Crippen molar-refractivity contribution < 1.29 is 4.42 Å². The number of thiophene rings is 1. The van der Waals surface area contributed by atoms with Crippen LogP contribution >= 0.6 is 11.3 Å². The van der Waals surface area contributed by atoms with Gasteiger partial charge in [-0.3, -0.25) is 0 Å². The van der Waals surface area contributed by atoms with Gasteiger partial charge in [0.25, 0.3) is 0 Å². The summed E-state index contributed by atoms with van der Waals surface area (Å²) in [5, 5.41) is 4.75. The Bertz CT molecular complexity index is 3180. The van der Waals surface area contributed by atoms with Gasteiger partial charge in [0.05, 0.1) is 0 Å². The van der Waals surface area contributed by atoms with Crippen molar-refractivity contribution in [3.05, 3.63) is 188 Å². The predicted octanol–water partition coefficient (Wildman–Crippen LogP) is 14.1. The summed E-state index contributed by atoms with van der Waals surface area (Å²) >= 11 is 1.85. The molecule has 11 rings (SSSR count). The van der Waals surface area contributed by atoms with Crippen molar-refractivity contribution in [1.29, 1.82) is 0 Å². The number of hydrogen-bond acceptors (Lipinski definition) is 5. The molecule has 0 saturated carbocycles. The number of rotatable bonds is 6. The summed E-state index contributed by atoms with van der Waals surface area (Å²) in [7, 11) is 0. The molecule has 3 aromatic heterocycles. The molecular weight excluding hydrogens is 703 g/mol. The van der Waals surface area contributed by atoms with Gasteiger partial charge in [-0.25, -0.2) is 15.0 Å². The van der Waals surface area contributed by atoms with Gasteiger partial charge in [0.2, 0.25) is 0 Å². The number of furan rings is 1. The molecule has 0 aliphatic heterocycles. The van der Waals surface area contributed by atoms with E-state index >= 15 is 0 Å². The van der Waals surface area contributed by atoms with E-state index in [1.165, 1.54) is 36.9 Å². The van der Waals surface area contributed by atoms with Crippen molar-refractivity contribution in [2.45, 2.75) is 0 Å². The molecule has 11 aromatic rings. The van der Waals surface area contributed by atoms with Crippen LogP contribution in [0, 0.1) is 0 Å². The molecule has 0 saturated heterocycles. The summed E-state index contributed by atoms with van der Waals surface area (Å²) in [4.78, 5) is 14.8. The number of fused-ring (bicyclic) bond motifs is 6. The average Bonchev–Trinajstić information content (AvgIpc) is 3.84. The van der Waals surface area contributed by atoms with Crippen molar-refractivity contribution >= 4 is 53.4 Å². The third kappa shape index (κ3) is 5.65. The van der Waals surface area contributed by atoms with E-state index in [4.69, 9.17) is 19.4 Å². The van der Waals surface area contributed by atoms with Crippen molar-refractivity contribution in [2.24, 2.45) is 0 Å². The van der Waals surface area contributed by atoms with Crippen LogP contribution in [0.3, 0.4) is 0 Å². The fourth-order valence-corrected chi connectivity index (χ4v) is 8.96. The Labute approximate surface area is 327 Å². The monoisotopic (exact) mass is 733 g/mol. The fourth-order valence-electron chi connectivity index (χ4n) is 7.78. The topological polar surface area (TPSA) is 51.8 Å². The first-order valence-corrected chi connectivity index (χ1v) is 19.5. The molecular formula is C51H31N3OS. The van der Waals surface area contributed by atoms with Gasteiger partial charge in [-0.15, -0.1) is 11.3 Å². The molecule has 0 bridgehead atoms. The molecule has 0 fully saturated rings. The zero-order valence-corrected chi connectivity index (χ0v) is 30.9. The first-order chi connectivity index (χ1) is 27.7. The van der Waals surface area contributed by atoms with Gasteiger partial charge in [0.15, 0.2) is 17.5 Å². The third-order valence-corrected chi connectivity index (χ3v) is 11.7. The summed E-state index contributed by atoms with van der Waals surface area (Å²) in [6.07, 6.45) is 0. The molecule has 0 unspecified atom stereocenters. The lowest BCUT2D eigenvalue weighted by atomic mass is 9.96. The molecule has 4 nitrogen and oxygen atoms in total. The molecule has 0 aliphatic rings. The maximum atomic E-state index is 6.58. The van der Waals surface area contributed by atoms with E-state index in [0.717, 1.165) is 55.3 Å². The molecule has 0 spiro atoms. The van der Waals surface area contributed by atoms with Gasteiger partial charge in [0, 0.05) is 47.6 Å². The van der Waals surface area contributed by atoms with Gasteiger partial charge in [-0.05, 0) is 69.8 Å². The molecule has 0 aliphatic carbocycles. The number of benzene rings is 8. The number of nitrogens with zero attached hydrogens (tertiary/aromatic N) is 3. The van der Waals surface area contributed by atoms with E-state index in [1.54, 1.807) is 0 Å².